The van der Waals surface area contributed by atoms with Crippen molar-refractivity contribution < 1.29 is 69.8 Å². The summed E-state index contributed by atoms with van der Waals surface area (Å²) in [5, 5.41) is 16.0. The molecule has 0 fully saturated rings. The lowest BCUT2D eigenvalue weighted by Crippen LogP contribution is -2.53. The standard InChI is InChI=1S/C52H64N12O15S/c1-31(2)48(60-46(69)26-56-44(67)25-55-43(66)24-53)49(70)57-27-45(68)58-35-12-10-34(11-13-35)30-77-51(72)61(5)20-21-62(18-16-42(65)54-17-22-78-80(74,75)76)52(73)79-40-23-39-36(47-33(4)7-6-8-37(40)47)15-19-64(39)50(71)38-29-63-28-32(3)9-14-41(63)59-38/h6-14,23,28-29,31,48H,15-22,24-27,30,53H2,1-5H3,(H,54,65)(H,55,66)(H,56,67)(H,57,70)(H,58,68)(H,60,69)(H,74,75,76). The Balaban J connectivity index is 1.05. The second-order valence-corrected chi connectivity index (χ2v) is 20.0. The lowest BCUT2D eigenvalue weighted by molar-refractivity contribution is -0.131. The van der Waals surface area contributed by atoms with Gasteiger partial charge in [-0.1, -0.05) is 50.2 Å². The molecule has 0 spiro atoms. The van der Waals surface area contributed by atoms with E-state index in [1.165, 1.54) is 16.8 Å². The van der Waals surface area contributed by atoms with Crippen molar-refractivity contribution in [3.63, 3.8) is 0 Å². The second kappa shape index (κ2) is 27.7. The van der Waals surface area contributed by atoms with Gasteiger partial charge in [-0.05, 0) is 72.0 Å². The number of ether oxygens (including phenoxy) is 2. The van der Waals surface area contributed by atoms with Crippen LogP contribution in [0.25, 0.3) is 16.4 Å². The summed E-state index contributed by atoms with van der Waals surface area (Å²) in [5.74, 6) is -4.32. The van der Waals surface area contributed by atoms with Crippen molar-refractivity contribution in [1.29, 1.82) is 0 Å². The van der Waals surface area contributed by atoms with Gasteiger partial charge in [-0.25, -0.2) is 18.8 Å². The number of nitrogens with zero attached hydrogens (tertiary/aromatic N) is 5. The number of carbonyl (C=O) groups is 9. The molecule has 9 amide bonds. The fraction of sp³-hybridized carbons (Fsp3) is 0.385. The molecule has 80 heavy (non-hydrogen) atoms. The van der Waals surface area contributed by atoms with Crippen molar-refractivity contribution in [3.05, 3.63) is 101 Å². The molecule has 0 radical (unpaired) electrons. The van der Waals surface area contributed by atoms with Gasteiger partial charge in [-0.15, -0.1) is 0 Å². The number of nitrogens with one attached hydrogen (secondary N) is 6. The molecule has 1 aliphatic rings. The maximum absolute atomic E-state index is 14.3. The number of nitrogens with two attached hydrogens (primary N) is 1. The molecular weight excluding hydrogens is 1060 g/mol. The Hall–Kier alpha value is -8.73. The summed E-state index contributed by atoms with van der Waals surface area (Å²) in [6.07, 6.45) is 2.09. The molecule has 0 bridgehead atoms. The SMILES string of the molecule is Cc1ccc2nc(C(=O)N3CCc4c3cc(OC(=O)N(CCC(=O)NCCOS(=O)(=O)O)CCN(C)C(=O)OCc3ccc(NC(=O)CNC(=O)C(NC(=O)CNC(=O)CNC(=O)CN)C(C)C)cc3)c3cccc(C)c43)cn2c1. The van der Waals surface area contributed by atoms with Gasteiger partial charge in [-0.2, -0.15) is 8.42 Å². The molecule has 1 unspecified atom stereocenters. The van der Waals surface area contributed by atoms with Crippen LogP contribution in [0.4, 0.5) is 21.0 Å². The van der Waals surface area contributed by atoms with Crippen molar-refractivity contribution >= 4 is 91.7 Å². The number of benzene rings is 3. The number of fused-ring (bicyclic) bond motifs is 4. The van der Waals surface area contributed by atoms with Gasteiger partial charge >= 0.3 is 22.6 Å². The minimum absolute atomic E-state index is 0.107. The van der Waals surface area contributed by atoms with E-state index in [0.29, 0.717) is 40.9 Å². The van der Waals surface area contributed by atoms with E-state index in [1.54, 1.807) is 65.7 Å². The summed E-state index contributed by atoms with van der Waals surface area (Å²) < 4.78 is 48.4. The molecule has 3 aromatic carbocycles. The number of likely N-dealkylation sites (N-methyl/N-ethyl adjacent to an activating group) is 1. The fourth-order valence-corrected chi connectivity index (χ4v) is 8.61. The summed E-state index contributed by atoms with van der Waals surface area (Å²) in [7, 11) is -3.31. The highest BCUT2D eigenvalue weighted by Crippen LogP contribution is 2.42. The van der Waals surface area contributed by atoms with Gasteiger partial charge in [0, 0.05) is 75.7 Å². The summed E-state index contributed by atoms with van der Waals surface area (Å²) in [5.41, 5.74) is 10.2. The first-order valence-electron chi connectivity index (χ1n) is 25.2. The molecule has 9 N–H and O–H groups in total. The van der Waals surface area contributed by atoms with Gasteiger partial charge in [0.25, 0.3) is 5.91 Å². The van der Waals surface area contributed by atoms with E-state index in [-0.39, 0.29) is 69.6 Å². The van der Waals surface area contributed by atoms with Gasteiger partial charge in [0.05, 0.1) is 38.5 Å². The molecule has 3 heterocycles. The highest BCUT2D eigenvalue weighted by Gasteiger charge is 2.32. The molecule has 0 aliphatic carbocycles. The Morgan fingerprint density at radius 2 is 1.52 bits per heavy atom. The molecule has 2 aromatic heterocycles. The number of anilines is 2. The molecule has 27 nitrogen and oxygen atoms in total. The topological polar surface area (TPSA) is 361 Å². The highest BCUT2D eigenvalue weighted by atomic mass is 32.3. The van der Waals surface area contributed by atoms with Crippen molar-refractivity contribution in [2.75, 3.05) is 82.8 Å². The zero-order chi connectivity index (χ0) is 58.3. The third-order valence-electron chi connectivity index (χ3n) is 12.5. The lowest BCUT2D eigenvalue weighted by atomic mass is 9.97. The average molecular weight is 1130 g/mol. The van der Waals surface area contributed by atoms with Crippen LogP contribution in [0.15, 0.2) is 73.1 Å². The summed E-state index contributed by atoms with van der Waals surface area (Å²) in [6, 6.07) is 16.1. The Bertz CT molecular complexity index is 3260. The van der Waals surface area contributed by atoms with Crippen LogP contribution >= 0.6 is 0 Å². The Morgan fingerprint density at radius 1 is 0.812 bits per heavy atom. The van der Waals surface area contributed by atoms with Crippen molar-refractivity contribution in [1.82, 2.24) is 45.8 Å². The molecule has 28 heteroatoms. The minimum atomic E-state index is -4.74. The number of aryl methyl sites for hydroxylation is 2. The van der Waals surface area contributed by atoms with E-state index in [2.05, 4.69) is 41.1 Å². The smallest absolute Gasteiger partial charge is 0.415 e. The Morgan fingerprint density at radius 3 is 2.24 bits per heavy atom. The monoisotopic (exact) mass is 1130 g/mol. The van der Waals surface area contributed by atoms with Crippen LogP contribution in [0.5, 0.6) is 5.75 Å². The van der Waals surface area contributed by atoms with Crippen LogP contribution in [0.2, 0.25) is 0 Å². The lowest BCUT2D eigenvalue weighted by Gasteiger charge is -2.26. The third-order valence-corrected chi connectivity index (χ3v) is 12.9. The first-order chi connectivity index (χ1) is 38.0. The molecule has 6 rings (SSSR count). The number of carbonyl (C=O) groups excluding carboxylic acids is 9. The van der Waals surface area contributed by atoms with Gasteiger partial charge in [0.2, 0.25) is 35.4 Å². The number of amides is 9. The summed E-state index contributed by atoms with van der Waals surface area (Å²) in [4.78, 5) is 124. The van der Waals surface area contributed by atoms with E-state index in [0.717, 1.165) is 22.1 Å². The van der Waals surface area contributed by atoms with Crippen LogP contribution in [0.3, 0.4) is 0 Å². The molecule has 1 atom stereocenters. The zero-order valence-electron chi connectivity index (χ0n) is 44.7. The van der Waals surface area contributed by atoms with Gasteiger partial charge in [-0.3, -0.25) is 38.1 Å². The molecule has 1 aliphatic heterocycles. The van der Waals surface area contributed by atoms with Crippen LogP contribution in [0, 0.1) is 19.8 Å². The molecule has 0 saturated heterocycles. The number of aromatic nitrogens is 2. The predicted molar refractivity (Wildman–Crippen MR) is 289 cm³/mol. The normalized spacial score (nSPS) is 12.3. The number of rotatable bonds is 25. The van der Waals surface area contributed by atoms with E-state index in [9.17, 15) is 51.6 Å². The quantitative estimate of drug-likeness (QED) is 0.0299. The second-order valence-electron chi connectivity index (χ2n) is 18.9. The first-order valence-corrected chi connectivity index (χ1v) is 26.6. The molecule has 428 valence electrons. The van der Waals surface area contributed by atoms with Crippen molar-refractivity contribution in [2.45, 2.75) is 53.2 Å². The number of hydrogen-bond acceptors (Lipinski definition) is 16. The molecule has 0 saturated carbocycles. The van der Waals surface area contributed by atoms with E-state index >= 15 is 0 Å². The van der Waals surface area contributed by atoms with Gasteiger partial charge in [0.15, 0.2) is 0 Å². The zero-order valence-corrected chi connectivity index (χ0v) is 45.5. The predicted octanol–water partition coefficient (Wildman–Crippen LogP) is 1.09. The van der Waals surface area contributed by atoms with Gasteiger partial charge < -0.3 is 66.2 Å². The van der Waals surface area contributed by atoms with Crippen LogP contribution in [-0.4, -0.2) is 164 Å². The third kappa shape index (κ3) is 17.1. The van der Waals surface area contributed by atoms with Crippen molar-refractivity contribution in [2.24, 2.45) is 11.7 Å². The molecular formula is C52H64N12O15S. The van der Waals surface area contributed by atoms with E-state index < -0.39 is 89.7 Å². The van der Waals surface area contributed by atoms with Gasteiger partial charge in [0.1, 0.15) is 29.7 Å². The average Bonchev–Trinajstić information content (AvgIpc) is 4.26. The fourth-order valence-electron chi connectivity index (χ4n) is 8.32. The Kier molecular flexibility index (Phi) is 21.0. The number of imidazole rings is 1. The van der Waals surface area contributed by atoms with Crippen LogP contribution < -0.4 is 47.3 Å². The first kappa shape index (κ1) is 60.5. The van der Waals surface area contributed by atoms with E-state index in [4.69, 9.17) is 19.8 Å². The van der Waals surface area contributed by atoms with Crippen LogP contribution in [-0.2, 0) is 61.1 Å². The van der Waals surface area contributed by atoms with E-state index in [1.807, 2.05) is 44.3 Å². The highest BCUT2D eigenvalue weighted by molar-refractivity contribution is 7.80. The van der Waals surface area contributed by atoms with Crippen LogP contribution in [0.1, 0.15) is 53.0 Å². The number of hydrogen-bond donors (Lipinski definition) is 8. The summed E-state index contributed by atoms with van der Waals surface area (Å²) >= 11 is 0. The Labute approximate surface area is 460 Å². The summed E-state index contributed by atoms with van der Waals surface area (Å²) in [6.45, 7) is 4.39. The maximum atomic E-state index is 14.3. The largest absolute Gasteiger partial charge is 0.445 e. The maximum Gasteiger partial charge on any atom is 0.415 e. The number of pyridine rings is 1. The minimum Gasteiger partial charge on any atom is -0.445 e. The van der Waals surface area contributed by atoms with Crippen molar-refractivity contribution in [3.8, 4) is 5.75 Å². The molecule has 5 aromatic rings.